The molecule has 1 unspecified atom stereocenters. The van der Waals surface area contributed by atoms with Crippen molar-refractivity contribution in [2.75, 3.05) is 13.2 Å². The lowest BCUT2D eigenvalue weighted by atomic mass is 9.91. The molecule has 1 heterocycles. The molecule has 4 heteroatoms. The molecule has 0 aliphatic heterocycles. The number of nitrogens with zero attached hydrogens (tertiary/aromatic N) is 2. The van der Waals surface area contributed by atoms with E-state index in [4.69, 9.17) is 0 Å². The molecule has 0 aliphatic carbocycles. The first-order chi connectivity index (χ1) is 7.76. The first-order valence-electron chi connectivity index (χ1n) is 6.08. The Morgan fingerprint density at radius 1 is 1.44 bits per heavy atom. The molecule has 0 spiro atoms. The van der Waals surface area contributed by atoms with Crippen LogP contribution in [0.2, 0.25) is 0 Å². The van der Waals surface area contributed by atoms with E-state index < -0.39 is 0 Å². The van der Waals surface area contributed by atoms with Crippen LogP contribution in [0, 0.1) is 0 Å². The number of aryl methyl sites for hydroxylation is 1. The van der Waals surface area contributed by atoms with Gasteiger partial charge in [-0.3, -0.25) is 0 Å². The Balaban J connectivity index is 2.37. The summed E-state index contributed by atoms with van der Waals surface area (Å²) in [5, 5.41) is 12.9. The maximum atomic E-state index is 9.48. The molecule has 0 saturated carbocycles. The van der Waals surface area contributed by atoms with Crippen molar-refractivity contribution in [3.8, 4) is 0 Å². The van der Waals surface area contributed by atoms with Gasteiger partial charge in [-0.25, -0.2) is 4.98 Å². The van der Waals surface area contributed by atoms with Crippen molar-refractivity contribution in [3.63, 3.8) is 0 Å². The minimum Gasteiger partial charge on any atom is -0.394 e. The van der Waals surface area contributed by atoms with Crippen LogP contribution < -0.4 is 5.32 Å². The Morgan fingerprint density at radius 2 is 2.25 bits per heavy atom. The monoisotopic (exact) mass is 225 g/mol. The van der Waals surface area contributed by atoms with Crippen LogP contribution in [0.3, 0.4) is 0 Å². The van der Waals surface area contributed by atoms with E-state index in [0.29, 0.717) is 0 Å². The predicted octanol–water partition coefficient (Wildman–Crippen LogP) is 1.41. The quantitative estimate of drug-likeness (QED) is 0.703. The van der Waals surface area contributed by atoms with Crippen molar-refractivity contribution in [1.82, 2.24) is 14.9 Å². The first-order valence-corrected chi connectivity index (χ1v) is 6.08. The van der Waals surface area contributed by atoms with Crippen molar-refractivity contribution in [2.45, 2.75) is 45.2 Å². The maximum absolute atomic E-state index is 9.48. The van der Waals surface area contributed by atoms with E-state index in [2.05, 4.69) is 28.7 Å². The van der Waals surface area contributed by atoms with E-state index in [1.54, 1.807) is 6.20 Å². The third-order valence-electron chi connectivity index (χ3n) is 3.16. The number of aliphatic hydroxyl groups excluding tert-OH is 1. The molecule has 1 rings (SSSR count). The SMILES string of the molecule is CCNC(CC)(CO)CCCn1ccnc1. The molecule has 92 valence electrons. The van der Waals surface area contributed by atoms with E-state index in [1.165, 1.54) is 0 Å². The summed E-state index contributed by atoms with van der Waals surface area (Å²) in [4.78, 5) is 4.01. The Labute approximate surface area is 97.7 Å². The molecule has 0 amide bonds. The Morgan fingerprint density at radius 3 is 2.75 bits per heavy atom. The van der Waals surface area contributed by atoms with Gasteiger partial charge in [0.15, 0.2) is 0 Å². The zero-order valence-electron chi connectivity index (χ0n) is 10.3. The molecular formula is C12H23N3O. The summed E-state index contributed by atoms with van der Waals surface area (Å²) < 4.78 is 2.07. The minimum atomic E-state index is -0.102. The number of imidazole rings is 1. The summed E-state index contributed by atoms with van der Waals surface area (Å²) in [5.41, 5.74) is -0.102. The number of aromatic nitrogens is 2. The lowest BCUT2D eigenvalue weighted by molar-refractivity contribution is 0.145. The van der Waals surface area contributed by atoms with E-state index >= 15 is 0 Å². The fourth-order valence-electron chi connectivity index (χ4n) is 2.03. The second-order valence-corrected chi connectivity index (χ2v) is 4.23. The van der Waals surface area contributed by atoms with Gasteiger partial charge in [-0.1, -0.05) is 13.8 Å². The van der Waals surface area contributed by atoms with Crippen LogP contribution in [0.25, 0.3) is 0 Å². The number of hydrogen-bond acceptors (Lipinski definition) is 3. The predicted molar refractivity (Wildman–Crippen MR) is 65.2 cm³/mol. The average molecular weight is 225 g/mol. The topological polar surface area (TPSA) is 50.1 Å². The highest BCUT2D eigenvalue weighted by molar-refractivity contribution is 4.86. The highest BCUT2D eigenvalue weighted by atomic mass is 16.3. The molecule has 16 heavy (non-hydrogen) atoms. The van der Waals surface area contributed by atoms with E-state index in [0.717, 1.165) is 32.4 Å². The molecule has 1 aromatic rings. The number of hydrogen-bond donors (Lipinski definition) is 2. The van der Waals surface area contributed by atoms with Crippen molar-refractivity contribution in [3.05, 3.63) is 18.7 Å². The van der Waals surface area contributed by atoms with Gasteiger partial charge in [0.2, 0.25) is 0 Å². The molecule has 4 nitrogen and oxygen atoms in total. The van der Waals surface area contributed by atoms with Crippen LogP contribution in [0.1, 0.15) is 33.1 Å². The molecule has 2 N–H and O–H groups in total. The number of rotatable bonds is 8. The summed E-state index contributed by atoms with van der Waals surface area (Å²) in [5.74, 6) is 0. The van der Waals surface area contributed by atoms with Gasteiger partial charge in [0, 0.05) is 24.5 Å². The summed E-state index contributed by atoms with van der Waals surface area (Å²) >= 11 is 0. The van der Waals surface area contributed by atoms with Crippen LogP contribution >= 0.6 is 0 Å². The zero-order valence-corrected chi connectivity index (χ0v) is 10.3. The number of likely N-dealkylation sites (N-methyl/N-ethyl adjacent to an activating group) is 1. The fourth-order valence-corrected chi connectivity index (χ4v) is 2.03. The van der Waals surface area contributed by atoms with Crippen molar-refractivity contribution >= 4 is 0 Å². The second kappa shape index (κ2) is 6.66. The minimum absolute atomic E-state index is 0.102. The fraction of sp³-hybridized carbons (Fsp3) is 0.750. The van der Waals surface area contributed by atoms with Gasteiger partial charge in [-0.2, -0.15) is 0 Å². The largest absolute Gasteiger partial charge is 0.394 e. The van der Waals surface area contributed by atoms with E-state index in [-0.39, 0.29) is 12.1 Å². The van der Waals surface area contributed by atoms with Gasteiger partial charge in [-0.05, 0) is 25.8 Å². The molecule has 0 radical (unpaired) electrons. The molecule has 1 aromatic heterocycles. The molecule has 0 fully saturated rings. The van der Waals surface area contributed by atoms with Crippen LogP contribution in [-0.2, 0) is 6.54 Å². The highest BCUT2D eigenvalue weighted by Gasteiger charge is 2.25. The van der Waals surface area contributed by atoms with Gasteiger partial charge in [0.1, 0.15) is 0 Å². The van der Waals surface area contributed by atoms with E-state index in [1.807, 2.05) is 12.5 Å². The molecule has 0 bridgehead atoms. The maximum Gasteiger partial charge on any atom is 0.0945 e. The van der Waals surface area contributed by atoms with Gasteiger partial charge in [0.05, 0.1) is 12.9 Å². The highest BCUT2D eigenvalue weighted by Crippen LogP contribution is 2.17. The van der Waals surface area contributed by atoms with Crippen LogP contribution in [-0.4, -0.2) is 33.3 Å². The standard InChI is InChI=1S/C12H23N3O/c1-3-12(10-16,14-4-2)6-5-8-15-9-7-13-11-15/h7,9,11,14,16H,3-6,8,10H2,1-2H3. The Kier molecular flexibility index (Phi) is 5.49. The lowest BCUT2D eigenvalue weighted by Crippen LogP contribution is -2.48. The Hall–Kier alpha value is -0.870. The zero-order chi connectivity index (χ0) is 11.9. The molecule has 1 atom stereocenters. The van der Waals surface area contributed by atoms with Crippen molar-refractivity contribution in [2.24, 2.45) is 0 Å². The normalized spacial score (nSPS) is 14.9. The van der Waals surface area contributed by atoms with Crippen LogP contribution in [0.4, 0.5) is 0 Å². The Bertz CT molecular complexity index is 268. The smallest absolute Gasteiger partial charge is 0.0945 e. The average Bonchev–Trinajstić information content (AvgIpc) is 2.81. The van der Waals surface area contributed by atoms with Crippen molar-refractivity contribution in [1.29, 1.82) is 0 Å². The van der Waals surface area contributed by atoms with Crippen LogP contribution in [0.5, 0.6) is 0 Å². The molecular weight excluding hydrogens is 202 g/mol. The summed E-state index contributed by atoms with van der Waals surface area (Å²) in [6, 6.07) is 0. The molecule has 0 aromatic carbocycles. The number of aliphatic hydroxyl groups is 1. The van der Waals surface area contributed by atoms with Crippen molar-refractivity contribution < 1.29 is 5.11 Å². The lowest BCUT2D eigenvalue weighted by Gasteiger charge is -2.31. The van der Waals surface area contributed by atoms with Gasteiger partial charge < -0.3 is 15.0 Å². The third-order valence-corrected chi connectivity index (χ3v) is 3.16. The second-order valence-electron chi connectivity index (χ2n) is 4.23. The first kappa shape index (κ1) is 13.2. The summed E-state index contributed by atoms with van der Waals surface area (Å²) in [7, 11) is 0. The summed E-state index contributed by atoms with van der Waals surface area (Å²) in [6.45, 7) is 6.28. The third kappa shape index (κ3) is 3.61. The number of nitrogens with one attached hydrogen (secondary N) is 1. The van der Waals surface area contributed by atoms with Gasteiger partial charge >= 0.3 is 0 Å². The molecule has 0 saturated heterocycles. The summed E-state index contributed by atoms with van der Waals surface area (Å²) in [6.07, 6.45) is 8.61. The van der Waals surface area contributed by atoms with E-state index in [9.17, 15) is 5.11 Å². The van der Waals surface area contributed by atoms with Gasteiger partial charge in [-0.15, -0.1) is 0 Å². The van der Waals surface area contributed by atoms with Gasteiger partial charge in [0.25, 0.3) is 0 Å². The van der Waals surface area contributed by atoms with Crippen LogP contribution in [0.15, 0.2) is 18.7 Å². The molecule has 0 aliphatic rings.